The highest BCUT2D eigenvalue weighted by atomic mass is 16.6. The standard InChI is InChI=1S/C11H13NO5/c1-7-5-9(3-4-10(7)12(15)16)17-8(2)6-11(13)14/h3-5,8H,6H2,1-2H3,(H,13,14). The van der Waals surface area contributed by atoms with Gasteiger partial charge in [0.2, 0.25) is 0 Å². The van der Waals surface area contributed by atoms with E-state index in [-0.39, 0.29) is 12.1 Å². The maximum atomic E-state index is 10.6. The van der Waals surface area contributed by atoms with Gasteiger partial charge in [-0.2, -0.15) is 0 Å². The van der Waals surface area contributed by atoms with Crippen molar-refractivity contribution < 1.29 is 19.6 Å². The van der Waals surface area contributed by atoms with Crippen LogP contribution in [0.1, 0.15) is 18.9 Å². The molecular weight excluding hydrogens is 226 g/mol. The Hall–Kier alpha value is -2.11. The molecule has 0 fully saturated rings. The highest BCUT2D eigenvalue weighted by molar-refractivity contribution is 5.67. The van der Waals surface area contributed by atoms with Crippen molar-refractivity contribution in [3.63, 3.8) is 0 Å². The fourth-order valence-electron chi connectivity index (χ4n) is 1.43. The molecule has 1 unspecified atom stereocenters. The minimum atomic E-state index is -0.948. The van der Waals surface area contributed by atoms with Crippen LogP contribution in [-0.4, -0.2) is 22.1 Å². The molecule has 92 valence electrons. The second-order valence-electron chi connectivity index (χ2n) is 3.73. The van der Waals surface area contributed by atoms with E-state index in [2.05, 4.69) is 0 Å². The van der Waals surface area contributed by atoms with E-state index in [0.29, 0.717) is 11.3 Å². The summed E-state index contributed by atoms with van der Waals surface area (Å²) in [5.74, 6) is -0.516. The van der Waals surface area contributed by atoms with Gasteiger partial charge in [0.1, 0.15) is 11.9 Å². The minimum Gasteiger partial charge on any atom is -0.490 e. The van der Waals surface area contributed by atoms with Gasteiger partial charge in [-0.15, -0.1) is 0 Å². The van der Waals surface area contributed by atoms with E-state index in [1.165, 1.54) is 18.2 Å². The van der Waals surface area contributed by atoms with Crippen LogP contribution in [0.5, 0.6) is 5.75 Å². The molecule has 0 aromatic heterocycles. The predicted octanol–water partition coefficient (Wildman–Crippen LogP) is 2.15. The fraction of sp³-hybridized carbons (Fsp3) is 0.364. The summed E-state index contributed by atoms with van der Waals surface area (Å²) in [7, 11) is 0. The molecule has 1 N–H and O–H groups in total. The van der Waals surface area contributed by atoms with Gasteiger partial charge in [-0.05, 0) is 26.0 Å². The molecule has 6 nitrogen and oxygen atoms in total. The number of rotatable bonds is 5. The number of hydrogen-bond acceptors (Lipinski definition) is 4. The maximum Gasteiger partial charge on any atom is 0.307 e. The zero-order valence-electron chi connectivity index (χ0n) is 9.54. The van der Waals surface area contributed by atoms with Gasteiger partial charge in [0.25, 0.3) is 5.69 Å². The number of hydrogen-bond donors (Lipinski definition) is 1. The first kappa shape index (κ1) is 13.0. The van der Waals surface area contributed by atoms with Crippen LogP contribution in [0.3, 0.4) is 0 Å². The Morgan fingerprint density at radius 3 is 2.71 bits per heavy atom. The largest absolute Gasteiger partial charge is 0.490 e. The Balaban J connectivity index is 2.77. The number of carbonyl (C=O) groups is 1. The van der Waals surface area contributed by atoms with Crippen molar-refractivity contribution >= 4 is 11.7 Å². The van der Waals surface area contributed by atoms with E-state index < -0.39 is 17.0 Å². The third-order valence-electron chi connectivity index (χ3n) is 2.16. The van der Waals surface area contributed by atoms with Crippen LogP contribution in [0, 0.1) is 17.0 Å². The van der Waals surface area contributed by atoms with Crippen molar-refractivity contribution in [3.8, 4) is 5.75 Å². The van der Waals surface area contributed by atoms with Gasteiger partial charge in [-0.25, -0.2) is 0 Å². The molecule has 17 heavy (non-hydrogen) atoms. The maximum absolute atomic E-state index is 10.6. The highest BCUT2D eigenvalue weighted by Gasteiger charge is 2.13. The quantitative estimate of drug-likeness (QED) is 0.628. The molecule has 0 aliphatic rings. The van der Waals surface area contributed by atoms with E-state index in [1.54, 1.807) is 13.8 Å². The fourth-order valence-corrected chi connectivity index (χ4v) is 1.43. The van der Waals surface area contributed by atoms with Crippen molar-refractivity contribution in [1.82, 2.24) is 0 Å². The molecule has 0 heterocycles. The van der Waals surface area contributed by atoms with Crippen LogP contribution in [0.25, 0.3) is 0 Å². The summed E-state index contributed by atoms with van der Waals surface area (Å²) in [6.07, 6.45) is -0.593. The summed E-state index contributed by atoms with van der Waals surface area (Å²) in [6.45, 7) is 3.23. The van der Waals surface area contributed by atoms with Crippen LogP contribution >= 0.6 is 0 Å². The Labute approximate surface area is 98.0 Å². The average molecular weight is 239 g/mol. The lowest BCUT2D eigenvalue weighted by atomic mass is 10.2. The molecule has 0 saturated carbocycles. The Morgan fingerprint density at radius 1 is 1.59 bits per heavy atom. The Morgan fingerprint density at radius 2 is 2.24 bits per heavy atom. The lowest BCUT2D eigenvalue weighted by Crippen LogP contribution is -2.16. The third-order valence-corrected chi connectivity index (χ3v) is 2.16. The lowest BCUT2D eigenvalue weighted by molar-refractivity contribution is -0.385. The van der Waals surface area contributed by atoms with Crippen molar-refractivity contribution in [1.29, 1.82) is 0 Å². The van der Waals surface area contributed by atoms with Gasteiger partial charge >= 0.3 is 5.97 Å². The summed E-state index contributed by atoms with van der Waals surface area (Å²) >= 11 is 0. The van der Waals surface area contributed by atoms with Crippen molar-refractivity contribution in [2.24, 2.45) is 0 Å². The van der Waals surface area contributed by atoms with Crippen LogP contribution < -0.4 is 4.74 Å². The molecule has 0 bridgehead atoms. The molecule has 0 radical (unpaired) electrons. The number of nitro groups is 1. The minimum absolute atomic E-state index is 0.0169. The molecule has 1 aromatic rings. The SMILES string of the molecule is Cc1cc(OC(C)CC(=O)O)ccc1[N+](=O)[O-]. The van der Waals surface area contributed by atoms with E-state index in [0.717, 1.165) is 0 Å². The molecule has 0 aliphatic heterocycles. The van der Waals surface area contributed by atoms with E-state index in [9.17, 15) is 14.9 Å². The first-order valence-electron chi connectivity index (χ1n) is 5.03. The number of carboxylic acids is 1. The molecule has 0 aliphatic carbocycles. The van der Waals surface area contributed by atoms with Crippen LogP contribution in [0.15, 0.2) is 18.2 Å². The van der Waals surface area contributed by atoms with Gasteiger partial charge in [-0.3, -0.25) is 14.9 Å². The summed E-state index contributed by atoms with van der Waals surface area (Å²) in [6, 6.07) is 4.33. The van der Waals surface area contributed by atoms with Crippen molar-refractivity contribution in [2.45, 2.75) is 26.4 Å². The molecule has 1 atom stereocenters. The molecule has 1 rings (SSSR count). The van der Waals surface area contributed by atoms with E-state index in [1.807, 2.05) is 0 Å². The number of carboxylic acid groups (broad SMARTS) is 1. The van der Waals surface area contributed by atoms with Gasteiger partial charge in [0, 0.05) is 11.6 Å². The summed E-state index contributed by atoms with van der Waals surface area (Å²) in [4.78, 5) is 20.6. The number of aryl methyl sites for hydroxylation is 1. The van der Waals surface area contributed by atoms with Crippen LogP contribution in [-0.2, 0) is 4.79 Å². The smallest absolute Gasteiger partial charge is 0.307 e. The number of nitrogens with zero attached hydrogens (tertiary/aromatic N) is 1. The van der Waals surface area contributed by atoms with Gasteiger partial charge < -0.3 is 9.84 Å². The average Bonchev–Trinajstić information content (AvgIpc) is 2.15. The normalized spacial score (nSPS) is 11.9. The van der Waals surface area contributed by atoms with Gasteiger partial charge in [0.05, 0.1) is 11.3 Å². The van der Waals surface area contributed by atoms with E-state index >= 15 is 0 Å². The van der Waals surface area contributed by atoms with Gasteiger partial charge in [-0.1, -0.05) is 0 Å². The molecular formula is C11H13NO5. The number of aliphatic carboxylic acids is 1. The van der Waals surface area contributed by atoms with Crippen molar-refractivity contribution in [2.75, 3.05) is 0 Å². The van der Waals surface area contributed by atoms with Gasteiger partial charge in [0.15, 0.2) is 0 Å². The number of benzene rings is 1. The molecule has 0 amide bonds. The first-order chi connectivity index (χ1) is 7.90. The number of nitro benzene ring substituents is 1. The number of ether oxygens (including phenoxy) is 1. The summed E-state index contributed by atoms with van der Waals surface area (Å²) < 4.78 is 5.34. The second kappa shape index (κ2) is 5.29. The topological polar surface area (TPSA) is 89.7 Å². The van der Waals surface area contributed by atoms with E-state index in [4.69, 9.17) is 9.84 Å². The summed E-state index contributed by atoms with van der Waals surface area (Å²) in [5, 5.41) is 19.2. The predicted molar refractivity (Wildman–Crippen MR) is 60.2 cm³/mol. The molecule has 0 saturated heterocycles. The highest BCUT2D eigenvalue weighted by Crippen LogP contribution is 2.24. The summed E-state index contributed by atoms with van der Waals surface area (Å²) in [5.41, 5.74) is 0.498. The van der Waals surface area contributed by atoms with Crippen LogP contribution in [0.2, 0.25) is 0 Å². The second-order valence-corrected chi connectivity index (χ2v) is 3.73. The zero-order chi connectivity index (χ0) is 13.0. The van der Waals surface area contributed by atoms with Crippen molar-refractivity contribution in [3.05, 3.63) is 33.9 Å². The molecule has 6 heteroatoms. The molecule has 1 aromatic carbocycles. The zero-order valence-corrected chi connectivity index (χ0v) is 9.54. The monoisotopic (exact) mass is 239 g/mol. The molecule has 0 spiro atoms. The first-order valence-corrected chi connectivity index (χ1v) is 5.03. The van der Waals surface area contributed by atoms with Crippen LogP contribution in [0.4, 0.5) is 5.69 Å². The Bertz CT molecular complexity index is 443. The lowest BCUT2D eigenvalue weighted by Gasteiger charge is -2.12. The third kappa shape index (κ3) is 3.75. The Kier molecular flexibility index (Phi) is 4.03.